The molecule has 0 aromatic heterocycles. The molecule has 16 heavy (non-hydrogen) atoms. The van der Waals surface area contributed by atoms with Crippen LogP contribution in [0, 0.1) is 11.3 Å². The average molecular weight is 224 g/mol. The zero-order valence-corrected chi connectivity index (χ0v) is 11.0. The highest BCUT2D eigenvalue weighted by molar-refractivity contribution is 4.81. The molecule has 1 atom stereocenters. The van der Waals surface area contributed by atoms with E-state index in [0.717, 1.165) is 12.0 Å². The second-order valence-electron chi connectivity index (χ2n) is 6.56. The predicted molar refractivity (Wildman–Crippen MR) is 69.6 cm³/mol. The zero-order chi connectivity index (χ0) is 11.4. The Morgan fingerprint density at radius 1 is 1.12 bits per heavy atom. The maximum absolute atomic E-state index is 3.66. The molecule has 0 amide bonds. The van der Waals surface area contributed by atoms with Crippen LogP contribution in [-0.2, 0) is 0 Å². The van der Waals surface area contributed by atoms with E-state index in [0.29, 0.717) is 5.41 Å². The first kappa shape index (κ1) is 12.4. The molecule has 1 aliphatic heterocycles. The minimum atomic E-state index is 0.615. The van der Waals surface area contributed by atoms with Gasteiger partial charge in [0.15, 0.2) is 0 Å². The van der Waals surface area contributed by atoms with Crippen LogP contribution in [0.4, 0.5) is 0 Å². The number of hydrogen-bond acceptors (Lipinski definition) is 2. The highest BCUT2D eigenvalue weighted by Crippen LogP contribution is 2.37. The molecular weight excluding hydrogens is 196 g/mol. The van der Waals surface area contributed by atoms with E-state index < -0.39 is 0 Å². The standard InChI is InChI=1S/C14H28N2/c1-14(2)7-5-12(6-8-14)10-15-11-13-4-3-9-16-13/h12-13,15-16H,3-11H2,1-2H3. The first-order valence-electron chi connectivity index (χ1n) is 7.10. The topological polar surface area (TPSA) is 24.1 Å². The van der Waals surface area contributed by atoms with Gasteiger partial charge in [0.1, 0.15) is 0 Å². The van der Waals surface area contributed by atoms with Crippen LogP contribution in [0.5, 0.6) is 0 Å². The van der Waals surface area contributed by atoms with E-state index in [1.165, 1.54) is 58.2 Å². The fourth-order valence-corrected chi connectivity index (χ4v) is 3.06. The van der Waals surface area contributed by atoms with Gasteiger partial charge in [-0.25, -0.2) is 0 Å². The molecule has 1 unspecified atom stereocenters. The Morgan fingerprint density at radius 3 is 2.50 bits per heavy atom. The molecule has 94 valence electrons. The second-order valence-corrected chi connectivity index (χ2v) is 6.56. The Kier molecular flexibility index (Phi) is 4.26. The molecule has 0 aromatic rings. The summed E-state index contributed by atoms with van der Waals surface area (Å²) in [4.78, 5) is 0. The first-order chi connectivity index (χ1) is 7.66. The average Bonchev–Trinajstić information content (AvgIpc) is 2.73. The maximum atomic E-state index is 3.66. The van der Waals surface area contributed by atoms with E-state index in [1.54, 1.807) is 0 Å². The van der Waals surface area contributed by atoms with Crippen molar-refractivity contribution in [1.82, 2.24) is 10.6 Å². The lowest BCUT2D eigenvalue weighted by Crippen LogP contribution is -2.37. The summed E-state index contributed by atoms with van der Waals surface area (Å²) >= 11 is 0. The van der Waals surface area contributed by atoms with Gasteiger partial charge in [0, 0.05) is 12.6 Å². The third kappa shape index (κ3) is 3.74. The van der Waals surface area contributed by atoms with Crippen molar-refractivity contribution < 1.29 is 0 Å². The largest absolute Gasteiger partial charge is 0.315 e. The van der Waals surface area contributed by atoms with Gasteiger partial charge in [-0.3, -0.25) is 0 Å². The predicted octanol–water partition coefficient (Wildman–Crippen LogP) is 2.54. The SMILES string of the molecule is CC1(C)CCC(CNCC2CCCN2)CC1. The van der Waals surface area contributed by atoms with Crippen LogP contribution in [0.3, 0.4) is 0 Å². The maximum Gasteiger partial charge on any atom is 0.0192 e. The van der Waals surface area contributed by atoms with Crippen molar-refractivity contribution in [3.63, 3.8) is 0 Å². The lowest BCUT2D eigenvalue weighted by atomic mass is 9.73. The summed E-state index contributed by atoms with van der Waals surface area (Å²) in [5, 5.41) is 7.21. The number of rotatable bonds is 4. The van der Waals surface area contributed by atoms with Crippen LogP contribution >= 0.6 is 0 Å². The summed E-state index contributed by atoms with van der Waals surface area (Å²) in [6.45, 7) is 8.48. The van der Waals surface area contributed by atoms with Gasteiger partial charge in [-0.2, -0.15) is 0 Å². The summed E-state index contributed by atoms with van der Waals surface area (Å²) in [5.74, 6) is 0.939. The van der Waals surface area contributed by atoms with Gasteiger partial charge in [0.25, 0.3) is 0 Å². The highest BCUT2D eigenvalue weighted by atomic mass is 15.0. The zero-order valence-electron chi connectivity index (χ0n) is 11.0. The lowest BCUT2D eigenvalue weighted by molar-refractivity contribution is 0.188. The van der Waals surface area contributed by atoms with Crippen LogP contribution in [-0.4, -0.2) is 25.7 Å². The van der Waals surface area contributed by atoms with E-state index in [1.807, 2.05) is 0 Å². The molecular formula is C14H28N2. The van der Waals surface area contributed by atoms with Gasteiger partial charge >= 0.3 is 0 Å². The smallest absolute Gasteiger partial charge is 0.0192 e. The fraction of sp³-hybridized carbons (Fsp3) is 1.00. The van der Waals surface area contributed by atoms with Crippen molar-refractivity contribution in [3.8, 4) is 0 Å². The van der Waals surface area contributed by atoms with Crippen LogP contribution in [0.15, 0.2) is 0 Å². The van der Waals surface area contributed by atoms with Gasteiger partial charge in [-0.1, -0.05) is 13.8 Å². The van der Waals surface area contributed by atoms with E-state index in [-0.39, 0.29) is 0 Å². The molecule has 0 bridgehead atoms. The number of nitrogens with one attached hydrogen (secondary N) is 2. The highest BCUT2D eigenvalue weighted by Gasteiger charge is 2.26. The Balaban J connectivity index is 1.56. The molecule has 1 saturated heterocycles. The van der Waals surface area contributed by atoms with Crippen molar-refractivity contribution in [2.45, 2.75) is 58.4 Å². The molecule has 2 heteroatoms. The quantitative estimate of drug-likeness (QED) is 0.767. The molecule has 2 fully saturated rings. The summed E-state index contributed by atoms with van der Waals surface area (Å²) in [6.07, 6.45) is 8.42. The summed E-state index contributed by atoms with van der Waals surface area (Å²) in [5.41, 5.74) is 0.615. The molecule has 0 radical (unpaired) electrons. The van der Waals surface area contributed by atoms with Gasteiger partial charge in [-0.15, -0.1) is 0 Å². The van der Waals surface area contributed by atoms with E-state index >= 15 is 0 Å². The summed E-state index contributed by atoms with van der Waals surface area (Å²) in [7, 11) is 0. The third-order valence-electron chi connectivity index (χ3n) is 4.44. The van der Waals surface area contributed by atoms with Crippen molar-refractivity contribution in [2.75, 3.05) is 19.6 Å². The lowest BCUT2D eigenvalue weighted by Gasteiger charge is -2.34. The second kappa shape index (κ2) is 5.50. The Hall–Kier alpha value is -0.0800. The summed E-state index contributed by atoms with van der Waals surface area (Å²) in [6, 6.07) is 0.750. The van der Waals surface area contributed by atoms with Crippen LogP contribution < -0.4 is 10.6 Å². The van der Waals surface area contributed by atoms with Gasteiger partial charge < -0.3 is 10.6 Å². The fourth-order valence-electron chi connectivity index (χ4n) is 3.06. The Labute approximate surface area is 101 Å². The van der Waals surface area contributed by atoms with Crippen LogP contribution in [0.1, 0.15) is 52.4 Å². The first-order valence-corrected chi connectivity index (χ1v) is 7.10. The van der Waals surface area contributed by atoms with Crippen molar-refractivity contribution in [2.24, 2.45) is 11.3 Å². The Morgan fingerprint density at radius 2 is 1.88 bits per heavy atom. The van der Waals surface area contributed by atoms with Gasteiger partial charge in [0.2, 0.25) is 0 Å². The normalized spacial score (nSPS) is 30.8. The molecule has 1 aliphatic carbocycles. The molecule has 0 spiro atoms. The third-order valence-corrected chi connectivity index (χ3v) is 4.44. The Bertz CT molecular complexity index is 197. The van der Waals surface area contributed by atoms with Gasteiger partial charge in [0.05, 0.1) is 0 Å². The minimum absolute atomic E-state index is 0.615. The van der Waals surface area contributed by atoms with Crippen LogP contribution in [0.25, 0.3) is 0 Å². The molecule has 2 N–H and O–H groups in total. The van der Waals surface area contributed by atoms with Crippen molar-refractivity contribution in [1.29, 1.82) is 0 Å². The molecule has 1 heterocycles. The monoisotopic (exact) mass is 224 g/mol. The van der Waals surface area contributed by atoms with Crippen molar-refractivity contribution >= 4 is 0 Å². The number of hydrogen-bond donors (Lipinski definition) is 2. The van der Waals surface area contributed by atoms with E-state index in [9.17, 15) is 0 Å². The molecule has 0 aromatic carbocycles. The minimum Gasteiger partial charge on any atom is -0.315 e. The molecule has 2 nitrogen and oxygen atoms in total. The van der Waals surface area contributed by atoms with Crippen LogP contribution in [0.2, 0.25) is 0 Å². The molecule has 2 aliphatic rings. The molecule has 2 rings (SSSR count). The molecule has 1 saturated carbocycles. The van der Waals surface area contributed by atoms with Crippen molar-refractivity contribution in [3.05, 3.63) is 0 Å². The van der Waals surface area contributed by atoms with E-state index in [4.69, 9.17) is 0 Å². The van der Waals surface area contributed by atoms with Gasteiger partial charge in [-0.05, 0) is 62.9 Å². The summed E-state index contributed by atoms with van der Waals surface area (Å²) < 4.78 is 0. The van der Waals surface area contributed by atoms with E-state index in [2.05, 4.69) is 24.5 Å².